The normalized spacial score (nSPS) is 14.8. The minimum atomic E-state index is -4.92. The zero-order chi connectivity index (χ0) is 21.2. The van der Waals surface area contributed by atoms with E-state index in [2.05, 4.69) is 0 Å². The van der Waals surface area contributed by atoms with Crippen LogP contribution in [-0.2, 0) is 10.0 Å². The molecule has 1 aliphatic rings. The van der Waals surface area contributed by atoms with Crippen LogP contribution in [0.15, 0.2) is 35.2 Å². The monoisotopic (exact) mass is 447 g/mol. The highest BCUT2D eigenvalue weighted by molar-refractivity contribution is 7.90. The van der Waals surface area contributed by atoms with Gasteiger partial charge >= 0.3 is 0 Å². The van der Waals surface area contributed by atoms with Crippen molar-refractivity contribution in [2.45, 2.75) is 30.6 Å². The smallest absolute Gasteiger partial charge is 0.270 e. The van der Waals surface area contributed by atoms with E-state index >= 15 is 0 Å². The minimum Gasteiger partial charge on any atom is -0.492 e. The van der Waals surface area contributed by atoms with E-state index in [4.69, 9.17) is 16.3 Å². The number of halogens is 4. The second-order valence-corrected chi connectivity index (χ2v) is 8.74. The number of hydrogen-bond donors (Lipinski definition) is 1. The van der Waals surface area contributed by atoms with E-state index < -0.39 is 43.8 Å². The Balaban J connectivity index is 1.79. The Morgan fingerprint density at radius 3 is 2.34 bits per heavy atom. The summed E-state index contributed by atoms with van der Waals surface area (Å²) in [6.45, 7) is 0.353. The third-order valence-corrected chi connectivity index (χ3v) is 6.31. The van der Waals surface area contributed by atoms with E-state index in [1.54, 1.807) is 0 Å². The molecule has 2 aromatic carbocycles. The minimum absolute atomic E-state index is 0.0237. The van der Waals surface area contributed by atoms with Crippen molar-refractivity contribution in [1.82, 2.24) is 4.72 Å². The molecule has 2 aromatic rings. The Morgan fingerprint density at radius 1 is 1.10 bits per heavy atom. The van der Waals surface area contributed by atoms with Gasteiger partial charge in [-0.3, -0.25) is 4.79 Å². The molecule has 0 aliphatic heterocycles. The van der Waals surface area contributed by atoms with Gasteiger partial charge in [0.2, 0.25) is 0 Å². The van der Waals surface area contributed by atoms with Crippen molar-refractivity contribution >= 4 is 27.5 Å². The molecular weight excluding hydrogens is 431 g/mol. The SMILES string of the molecule is O=C(NS(=O)(=O)c1c(F)cccc1F)c1cc(Cl)c(OCC2CCCC2)cc1F. The van der Waals surface area contributed by atoms with Crippen LogP contribution in [0.25, 0.3) is 0 Å². The van der Waals surface area contributed by atoms with Gasteiger partial charge in [-0.1, -0.05) is 30.5 Å². The average molecular weight is 448 g/mol. The summed E-state index contributed by atoms with van der Waals surface area (Å²) in [6, 6.07) is 4.19. The van der Waals surface area contributed by atoms with Gasteiger partial charge in [-0.2, -0.15) is 0 Å². The molecule has 0 atom stereocenters. The van der Waals surface area contributed by atoms with Crippen molar-refractivity contribution in [3.05, 3.63) is 58.4 Å². The summed E-state index contributed by atoms with van der Waals surface area (Å²) in [7, 11) is -4.92. The Morgan fingerprint density at radius 2 is 1.72 bits per heavy atom. The van der Waals surface area contributed by atoms with Crippen molar-refractivity contribution in [3.8, 4) is 5.75 Å². The topological polar surface area (TPSA) is 72.5 Å². The van der Waals surface area contributed by atoms with Crippen LogP contribution < -0.4 is 9.46 Å². The predicted octanol–water partition coefficient (Wildman–Crippen LogP) is 4.45. The standard InChI is InChI=1S/C19H17ClF3NO4S/c20-13-8-12(16(23)9-17(13)28-10-11-4-1-2-5-11)19(25)24-29(26,27)18-14(21)6-3-7-15(18)22/h3,6-9,11H,1-2,4-5,10H2,(H,24,25). The number of sulfonamides is 1. The van der Waals surface area contributed by atoms with Gasteiger partial charge in [0, 0.05) is 6.07 Å². The molecule has 0 unspecified atom stereocenters. The molecule has 5 nitrogen and oxygen atoms in total. The molecule has 0 radical (unpaired) electrons. The molecule has 29 heavy (non-hydrogen) atoms. The molecule has 0 aromatic heterocycles. The molecule has 0 heterocycles. The van der Waals surface area contributed by atoms with E-state index in [1.165, 1.54) is 4.72 Å². The Hall–Kier alpha value is -2.26. The maximum atomic E-state index is 14.4. The second kappa shape index (κ2) is 8.62. The van der Waals surface area contributed by atoms with Crippen LogP contribution in [0.2, 0.25) is 5.02 Å². The molecule has 1 aliphatic carbocycles. The fraction of sp³-hybridized carbons (Fsp3) is 0.316. The van der Waals surface area contributed by atoms with Gasteiger partial charge in [0.1, 0.15) is 23.2 Å². The van der Waals surface area contributed by atoms with Crippen LogP contribution in [0.3, 0.4) is 0 Å². The van der Waals surface area contributed by atoms with Crippen LogP contribution in [0.4, 0.5) is 13.2 Å². The summed E-state index contributed by atoms with van der Waals surface area (Å²) >= 11 is 6.03. The Labute approximate surface area is 170 Å². The van der Waals surface area contributed by atoms with E-state index in [9.17, 15) is 26.4 Å². The first-order chi connectivity index (χ1) is 13.7. The van der Waals surface area contributed by atoms with Crippen molar-refractivity contribution in [2.24, 2.45) is 5.92 Å². The lowest BCUT2D eigenvalue weighted by molar-refractivity contribution is 0.0977. The number of benzene rings is 2. The number of rotatable bonds is 6. The van der Waals surface area contributed by atoms with Crippen molar-refractivity contribution in [1.29, 1.82) is 0 Å². The predicted molar refractivity (Wildman–Crippen MR) is 99.9 cm³/mol. The molecule has 1 amide bonds. The van der Waals surface area contributed by atoms with Crippen LogP contribution in [0.5, 0.6) is 5.75 Å². The van der Waals surface area contributed by atoms with Crippen LogP contribution in [0, 0.1) is 23.4 Å². The van der Waals surface area contributed by atoms with Crippen molar-refractivity contribution < 1.29 is 31.1 Å². The second-order valence-electron chi connectivity index (χ2n) is 6.71. The number of carbonyl (C=O) groups excluding carboxylic acids is 1. The first-order valence-corrected chi connectivity index (χ1v) is 10.7. The molecule has 3 rings (SSSR count). The zero-order valence-electron chi connectivity index (χ0n) is 15.1. The highest BCUT2D eigenvalue weighted by Gasteiger charge is 2.28. The maximum Gasteiger partial charge on any atom is 0.270 e. The number of ether oxygens (including phenoxy) is 1. The first-order valence-electron chi connectivity index (χ1n) is 8.82. The van der Waals surface area contributed by atoms with Gasteiger partial charge in [0.15, 0.2) is 4.90 Å². The Bertz CT molecular complexity index is 1020. The van der Waals surface area contributed by atoms with Crippen LogP contribution in [-0.4, -0.2) is 20.9 Å². The fourth-order valence-electron chi connectivity index (χ4n) is 3.17. The van der Waals surface area contributed by atoms with Crippen molar-refractivity contribution in [3.63, 3.8) is 0 Å². The van der Waals surface area contributed by atoms with Gasteiger partial charge in [-0.25, -0.2) is 26.3 Å². The largest absolute Gasteiger partial charge is 0.492 e. The lowest BCUT2D eigenvalue weighted by Gasteiger charge is -2.14. The molecule has 10 heteroatoms. The summed E-state index contributed by atoms with van der Waals surface area (Å²) in [5.74, 6) is -4.92. The summed E-state index contributed by atoms with van der Waals surface area (Å²) in [4.78, 5) is 10.9. The highest BCUT2D eigenvalue weighted by Crippen LogP contribution is 2.31. The third-order valence-electron chi connectivity index (χ3n) is 4.63. The fourth-order valence-corrected chi connectivity index (χ4v) is 4.49. The zero-order valence-corrected chi connectivity index (χ0v) is 16.6. The number of hydrogen-bond acceptors (Lipinski definition) is 4. The van der Waals surface area contributed by atoms with E-state index in [0.29, 0.717) is 12.5 Å². The molecule has 0 bridgehead atoms. The van der Waals surface area contributed by atoms with E-state index in [-0.39, 0.29) is 10.8 Å². The quantitative estimate of drug-likeness (QED) is 0.710. The van der Waals surface area contributed by atoms with Crippen LogP contribution in [0.1, 0.15) is 36.0 Å². The van der Waals surface area contributed by atoms with Crippen molar-refractivity contribution in [2.75, 3.05) is 6.61 Å². The number of amides is 1. The molecule has 1 N–H and O–H groups in total. The van der Waals surface area contributed by atoms with Gasteiger partial charge in [-0.05, 0) is 37.0 Å². The Kier molecular flexibility index (Phi) is 6.38. The molecule has 1 saturated carbocycles. The van der Waals surface area contributed by atoms with Gasteiger partial charge in [0.25, 0.3) is 15.9 Å². The molecule has 0 saturated heterocycles. The summed E-state index contributed by atoms with van der Waals surface area (Å²) in [6.07, 6.45) is 4.22. The molecular formula is C19H17ClF3NO4S. The lowest BCUT2D eigenvalue weighted by atomic mass is 10.1. The summed E-state index contributed by atoms with van der Waals surface area (Å²) in [5.41, 5.74) is -0.705. The van der Waals surface area contributed by atoms with Gasteiger partial charge in [0.05, 0.1) is 17.2 Å². The summed E-state index contributed by atoms with van der Waals surface area (Å²) in [5, 5.41) is -0.0935. The van der Waals surface area contributed by atoms with Crippen LogP contribution >= 0.6 is 11.6 Å². The summed E-state index contributed by atoms with van der Waals surface area (Å²) < 4.78 is 73.1. The number of nitrogens with one attached hydrogen (secondary N) is 1. The average Bonchev–Trinajstić information content (AvgIpc) is 3.14. The number of carbonyl (C=O) groups is 1. The maximum absolute atomic E-state index is 14.4. The van der Waals surface area contributed by atoms with Gasteiger partial charge < -0.3 is 4.74 Å². The molecule has 156 valence electrons. The molecule has 0 spiro atoms. The molecule has 1 fully saturated rings. The highest BCUT2D eigenvalue weighted by atomic mass is 35.5. The van der Waals surface area contributed by atoms with Gasteiger partial charge in [-0.15, -0.1) is 0 Å². The van der Waals surface area contributed by atoms with E-state index in [1.807, 2.05) is 0 Å². The lowest BCUT2D eigenvalue weighted by Crippen LogP contribution is -2.32. The van der Waals surface area contributed by atoms with E-state index in [0.717, 1.165) is 56.0 Å². The first kappa shape index (κ1) is 21.4. The third kappa shape index (κ3) is 4.84.